The maximum absolute atomic E-state index is 13.3. The van der Waals surface area contributed by atoms with Crippen LogP contribution in [0.25, 0.3) is 0 Å². The lowest BCUT2D eigenvalue weighted by atomic mass is 10.2. The molecule has 2 rings (SSSR count). The first kappa shape index (κ1) is 19.8. The van der Waals surface area contributed by atoms with Gasteiger partial charge in [0.2, 0.25) is 5.91 Å². The zero-order chi connectivity index (χ0) is 19.3. The van der Waals surface area contributed by atoms with Crippen LogP contribution in [0.3, 0.4) is 0 Å². The van der Waals surface area contributed by atoms with E-state index in [4.69, 9.17) is 11.6 Å². The number of benzene rings is 2. The van der Waals surface area contributed by atoms with Gasteiger partial charge in [-0.3, -0.25) is 4.79 Å². The topological polar surface area (TPSA) is 50.4 Å². The highest BCUT2D eigenvalue weighted by atomic mass is 35.5. The molecule has 0 saturated heterocycles. The van der Waals surface area contributed by atoms with Gasteiger partial charge in [-0.05, 0) is 30.3 Å². The Kier molecular flexibility index (Phi) is 6.25. The largest absolute Gasteiger partial charge is 0.482 e. The first-order valence-corrected chi connectivity index (χ1v) is 7.50. The van der Waals surface area contributed by atoms with Crippen molar-refractivity contribution in [3.05, 3.63) is 53.1 Å². The standard InChI is InChI=1S/C16H12ClF5N2O2/c17-11-5-9(18)1-3-12(11)24-15(25)7-23-13-6-10(19)2-4-14(13)26-8-16(20,21)22/h1-6,23H,7-8H2,(H,24,25). The Bertz CT molecular complexity index is 799. The van der Waals surface area contributed by atoms with Crippen molar-refractivity contribution in [2.75, 3.05) is 23.8 Å². The predicted molar refractivity (Wildman–Crippen MR) is 86.5 cm³/mol. The van der Waals surface area contributed by atoms with Crippen molar-refractivity contribution >= 4 is 28.9 Å². The molecule has 0 bridgehead atoms. The normalized spacial score (nSPS) is 11.2. The molecule has 0 aromatic heterocycles. The zero-order valence-corrected chi connectivity index (χ0v) is 13.7. The van der Waals surface area contributed by atoms with Gasteiger partial charge < -0.3 is 15.4 Å². The number of alkyl halides is 3. The van der Waals surface area contributed by atoms with Gasteiger partial charge in [-0.15, -0.1) is 0 Å². The van der Waals surface area contributed by atoms with Crippen molar-refractivity contribution in [3.8, 4) is 5.75 Å². The minimum atomic E-state index is -4.57. The van der Waals surface area contributed by atoms with Crippen molar-refractivity contribution in [3.63, 3.8) is 0 Å². The summed E-state index contributed by atoms with van der Waals surface area (Å²) < 4.78 is 67.6. The Balaban J connectivity index is 2.01. The molecule has 2 aromatic rings. The Morgan fingerprint density at radius 1 is 1.04 bits per heavy atom. The summed E-state index contributed by atoms with van der Waals surface area (Å²) >= 11 is 5.77. The maximum atomic E-state index is 13.3. The first-order chi connectivity index (χ1) is 12.1. The van der Waals surface area contributed by atoms with E-state index in [9.17, 15) is 26.7 Å². The molecular weight excluding hydrogens is 383 g/mol. The molecular formula is C16H12ClF5N2O2. The van der Waals surface area contributed by atoms with Crippen LogP contribution in [0.1, 0.15) is 0 Å². The summed E-state index contributed by atoms with van der Waals surface area (Å²) in [7, 11) is 0. The molecule has 4 nitrogen and oxygen atoms in total. The van der Waals surface area contributed by atoms with Crippen LogP contribution in [-0.2, 0) is 4.79 Å². The second-order valence-electron chi connectivity index (χ2n) is 5.07. The van der Waals surface area contributed by atoms with E-state index in [1.165, 1.54) is 6.07 Å². The van der Waals surface area contributed by atoms with Crippen LogP contribution in [0.4, 0.5) is 33.3 Å². The molecule has 0 heterocycles. The smallest absolute Gasteiger partial charge is 0.422 e. The van der Waals surface area contributed by atoms with Crippen LogP contribution in [0.5, 0.6) is 5.75 Å². The van der Waals surface area contributed by atoms with E-state index >= 15 is 0 Å². The molecule has 2 N–H and O–H groups in total. The van der Waals surface area contributed by atoms with Gasteiger partial charge in [0, 0.05) is 6.07 Å². The number of halogens is 6. The Morgan fingerprint density at radius 2 is 1.69 bits per heavy atom. The van der Waals surface area contributed by atoms with E-state index in [1.807, 2.05) is 0 Å². The molecule has 0 radical (unpaired) electrons. The molecule has 10 heteroatoms. The van der Waals surface area contributed by atoms with Crippen LogP contribution >= 0.6 is 11.6 Å². The number of rotatable bonds is 6. The molecule has 0 atom stereocenters. The molecule has 140 valence electrons. The summed E-state index contributed by atoms with van der Waals surface area (Å²) in [6, 6.07) is 6.16. The fourth-order valence-corrected chi connectivity index (χ4v) is 2.10. The summed E-state index contributed by atoms with van der Waals surface area (Å²) in [6.07, 6.45) is -4.57. The van der Waals surface area contributed by atoms with E-state index in [-0.39, 0.29) is 22.1 Å². The molecule has 0 aliphatic rings. The van der Waals surface area contributed by atoms with Crippen molar-refractivity contribution in [2.45, 2.75) is 6.18 Å². The number of ether oxygens (including phenoxy) is 1. The lowest BCUT2D eigenvalue weighted by Gasteiger charge is -2.15. The molecule has 1 amide bonds. The number of hydrogen-bond donors (Lipinski definition) is 2. The fraction of sp³-hybridized carbons (Fsp3) is 0.188. The van der Waals surface area contributed by atoms with Gasteiger partial charge in [-0.25, -0.2) is 8.78 Å². The van der Waals surface area contributed by atoms with Crippen LogP contribution in [0.15, 0.2) is 36.4 Å². The van der Waals surface area contributed by atoms with E-state index in [0.29, 0.717) is 0 Å². The highest BCUT2D eigenvalue weighted by Crippen LogP contribution is 2.27. The minimum absolute atomic E-state index is 0.0293. The average Bonchev–Trinajstić information content (AvgIpc) is 2.54. The Hall–Kier alpha value is -2.55. The van der Waals surface area contributed by atoms with E-state index in [0.717, 1.165) is 30.3 Å². The molecule has 0 aliphatic heterocycles. The van der Waals surface area contributed by atoms with Gasteiger partial charge >= 0.3 is 6.18 Å². The molecule has 26 heavy (non-hydrogen) atoms. The third-order valence-electron chi connectivity index (χ3n) is 2.98. The quantitative estimate of drug-likeness (QED) is 0.703. The van der Waals surface area contributed by atoms with Gasteiger partial charge in [0.15, 0.2) is 6.61 Å². The molecule has 2 aromatic carbocycles. The van der Waals surface area contributed by atoms with Crippen LogP contribution in [0.2, 0.25) is 5.02 Å². The number of nitrogens with one attached hydrogen (secondary N) is 2. The molecule has 0 fully saturated rings. The fourth-order valence-electron chi connectivity index (χ4n) is 1.89. The molecule has 0 saturated carbocycles. The van der Waals surface area contributed by atoms with E-state index in [1.54, 1.807) is 0 Å². The van der Waals surface area contributed by atoms with Crippen LogP contribution in [-0.4, -0.2) is 25.2 Å². The van der Waals surface area contributed by atoms with E-state index in [2.05, 4.69) is 15.4 Å². The van der Waals surface area contributed by atoms with Crippen LogP contribution < -0.4 is 15.4 Å². The lowest BCUT2D eigenvalue weighted by molar-refractivity contribution is -0.153. The van der Waals surface area contributed by atoms with Gasteiger partial charge in [0.05, 0.1) is 22.9 Å². The number of carbonyl (C=O) groups is 1. The second kappa shape index (κ2) is 8.22. The monoisotopic (exact) mass is 394 g/mol. The number of anilines is 2. The third kappa shape index (κ3) is 6.07. The minimum Gasteiger partial charge on any atom is -0.482 e. The predicted octanol–water partition coefficient (Wildman–Crippen LogP) is 4.61. The van der Waals surface area contributed by atoms with Gasteiger partial charge in [0.1, 0.15) is 17.4 Å². The van der Waals surface area contributed by atoms with Crippen LogP contribution in [0, 0.1) is 11.6 Å². The maximum Gasteiger partial charge on any atom is 0.422 e. The van der Waals surface area contributed by atoms with E-state index < -0.39 is 36.9 Å². The number of amides is 1. The summed E-state index contributed by atoms with van der Waals surface area (Å²) in [6.45, 7) is -1.98. The molecule has 0 unspecified atom stereocenters. The average molecular weight is 395 g/mol. The van der Waals surface area contributed by atoms with Crippen molar-refractivity contribution in [1.82, 2.24) is 0 Å². The zero-order valence-electron chi connectivity index (χ0n) is 13.0. The Labute approximate surface area is 149 Å². The van der Waals surface area contributed by atoms with Crippen molar-refractivity contribution in [2.24, 2.45) is 0 Å². The highest BCUT2D eigenvalue weighted by Gasteiger charge is 2.29. The van der Waals surface area contributed by atoms with Gasteiger partial charge in [-0.2, -0.15) is 13.2 Å². The van der Waals surface area contributed by atoms with Gasteiger partial charge in [0.25, 0.3) is 0 Å². The summed E-state index contributed by atoms with van der Waals surface area (Å²) in [4.78, 5) is 11.9. The highest BCUT2D eigenvalue weighted by molar-refractivity contribution is 6.33. The lowest BCUT2D eigenvalue weighted by Crippen LogP contribution is -2.23. The van der Waals surface area contributed by atoms with Crippen molar-refractivity contribution in [1.29, 1.82) is 0 Å². The molecule has 0 aliphatic carbocycles. The van der Waals surface area contributed by atoms with Crippen molar-refractivity contribution < 1.29 is 31.5 Å². The summed E-state index contributed by atoms with van der Waals surface area (Å²) in [5.74, 6) is -2.22. The first-order valence-electron chi connectivity index (χ1n) is 7.12. The third-order valence-corrected chi connectivity index (χ3v) is 3.29. The molecule has 0 spiro atoms. The Morgan fingerprint density at radius 3 is 2.35 bits per heavy atom. The summed E-state index contributed by atoms with van der Waals surface area (Å²) in [5.41, 5.74) is 0.0160. The number of hydrogen-bond acceptors (Lipinski definition) is 3. The van der Waals surface area contributed by atoms with Gasteiger partial charge in [-0.1, -0.05) is 11.6 Å². The SMILES string of the molecule is O=C(CNc1cc(F)ccc1OCC(F)(F)F)Nc1ccc(F)cc1Cl. The number of carbonyl (C=O) groups excluding carboxylic acids is 1. The second-order valence-corrected chi connectivity index (χ2v) is 5.48. The summed E-state index contributed by atoms with van der Waals surface area (Å²) in [5, 5.41) is 4.83.